The van der Waals surface area contributed by atoms with E-state index in [0.717, 1.165) is 29.3 Å². The first-order valence-electron chi connectivity index (χ1n) is 9.60. The van der Waals surface area contributed by atoms with Gasteiger partial charge in [-0.1, -0.05) is 24.3 Å². The third kappa shape index (κ3) is 3.38. The first kappa shape index (κ1) is 18.2. The normalized spacial score (nSPS) is 17.5. The SMILES string of the molecule is O=S(=O)(c1ccc2c(c1)OCO2)N1CCC(Nc2cncc3ccccc23)CC1. The van der Waals surface area contributed by atoms with E-state index in [4.69, 9.17) is 9.47 Å². The van der Waals surface area contributed by atoms with Gasteiger partial charge in [-0.15, -0.1) is 0 Å². The standard InChI is InChI=1S/C21H21N3O4S/c25-29(26,17-5-6-20-21(11-17)28-14-27-20)24-9-7-16(8-10-24)23-19-13-22-12-15-3-1-2-4-18(15)19/h1-6,11-13,16,23H,7-10,14H2. The first-order chi connectivity index (χ1) is 14.1. The average molecular weight is 411 g/mol. The van der Waals surface area contributed by atoms with Crippen molar-refractivity contribution in [2.24, 2.45) is 0 Å². The van der Waals surface area contributed by atoms with Crippen LogP contribution in [0.5, 0.6) is 11.5 Å². The number of hydrogen-bond acceptors (Lipinski definition) is 6. The first-order valence-corrected chi connectivity index (χ1v) is 11.0. The van der Waals surface area contributed by atoms with Gasteiger partial charge in [0.25, 0.3) is 0 Å². The van der Waals surface area contributed by atoms with Crippen LogP contribution in [0, 0.1) is 0 Å². The summed E-state index contributed by atoms with van der Waals surface area (Å²) < 4.78 is 38.2. The molecule has 8 heteroatoms. The summed E-state index contributed by atoms with van der Waals surface area (Å²) in [5.74, 6) is 1.06. The molecule has 0 radical (unpaired) electrons. The summed E-state index contributed by atoms with van der Waals surface area (Å²) in [5.41, 5.74) is 0.986. The number of ether oxygens (including phenoxy) is 2. The number of sulfonamides is 1. The second-order valence-electron chi connectivity index (χ2n) is 7.25. The van der Waals surface area contributed by atoms with Crippen molar-refractivity contribution in [1.82, 2.24) is 9.29 Å². The van der Waals surface area contributed by atoms with Crippen molar-refractivity contribution < 1.29 is 17.9 Å². The summed E-state index contributed by atoms with van der Waals surface area (Å²) in [6.07, 6.45) is 5.14. The van der Waals surface area contributed by atoms with Crippen LogP contribution in [0.3, 0.4) is 0 Å². The Morgan fingerprint density at radius 1 is 1.00 bits per heavy atom. The molecule has 0 amide bonds. The summed E-state index contributed by atoms with van der Waals surface area (Å²) in [4.78, 5) is 4.55. The lowest BCUT2D eigenvalue weighted by Gasteiger charge is -2.32. The van der Waals surface area contributed by atoms with Crippen molar-refractivity contribution in [2.45, 2.75) is 23.8 Å². The summed E-state index contributed by atoms with van der Waals surface area (Å²) in [7, 11) is -3.56. The molecule has 0 spiro atoms. The molecule has 7 nitrogen and oxygen atoms in total. The van der Waals surface area contributed by atoms with Gasteiger partial charge < -0.3 is 14.8 Å². The lowest BCUT2D eigenvalue weighted by molar-refractivity contribution is 0.174. The molecule has 5 rings (SSSR count). The van der Waals surface area contributed by atoms with Crippen LogP contribution in [0.2, 0.25) is 0 Å². The van der Waals surface area contributed by atoms with E-state index in [-0.39, 0.29) is 17.7 Å². The smallest absolute Gasteiger partial charge is 0.243 e. The van der Waals surface area contributed by atoms with E-state index in [9.17, 15) is 8.42 Å². The summed E-state index contributed by atoms with van der Waals surface area (Å²) in [5, 5.41) is 5.76. The lowest BCUT2D eigenvalue weighted by Crippen LogP contribution is -2.42. The minimum atomic E-state index is -3.56. The number of nitrogens with one attached hydrogen (secondary N) is 1. The third-order valence-corrected chi connectivity index (χ3v) is 7.36. The molecule has 150 valence electrons. The molecule has 1 N–H and O–H groups in total. The van der Waals surface area contributed by atoms with Gasteiger partial charge in [0, 0.05) is 42.2 Å². The maximum atomic E-state index is 13.0. The van der Waals surface area contributed by atoms with Gasteiger partial charge in [-0.3, -0.25) is 4.98 Å². The van der Waals surface area contributed by atoms with Crippen molar-refractivity contribution >= 4 is 26.5 Å². The Kier molecular flexibility index (Phi) is 4.52. The van der Waals surface area contributed by atoms with Gasteiger partial charge >= 0.3 is 0 Å². The number of fused-ring (bicyclic) bond motifs is 2. The fourth-order valence-electron chi connectivity index (χ4n) is 3.88. The van der Waals surface area contributed by atoms with Crippen molar-refractivity contribution in [2.75, 3.05) is 25.2 Å². The molecule has 0 unspecified atom stereocenters. The van der Waals surface area contributed by atoms with Crippen molar-refractivity contribution in [3.05, 3.63) is 54.9 Å². The molecule has 0 saturated carbocycles. The Bertz CT molecular complexity index is 1150. The van der Waals surface area contributed by atoms with Gasteiger partial charge in [-0.25, -0.2) is 8.42 Å². The number of benzene rings is 2. The van der Waals surface area contributed by atoms with Crippen molar-refractivity contribution in [1.29, 1.82) is 0 Å². The minimum Gasteiger partial charge on any atom is -0.454 e. The molecule has 2 aliphatic heterocycles. The van der Waals surface area contributed by atoms with E-state index in [1.54, 1.807) is 22.5 Å². The Hall–Kier alpha value is -2.84. The van der Waals surface area contributed by atoms with E-state index in [0.29, 0.717) is 24.6 Å². The van der Waals surface area contributed by atoms with E-state index in [1.165, 1.54) is 0 Å². The van der Waals surface area contributed by atoms with E-state index in [1.807, 2.05) is 30.6 Å². The van der Waals surface area contributed by atoms with Gasteiger partial charge in [0.05, 0.1) is 16.8 Å². The lowest BCUT2D eigenvalue weighted by atomic mass is 10.1. The highest BCUT2D eigenvalue weighted by Gasteiger charge is 2.30. The van der Waals surface area contributed by atoms with Crippen LogP contribution in [0.1, 0.15) is 12.8 Å². The van der Waals surface area contributed by atoms with Gasteiger partial charge in [0.1, 0.15) is 0 Å². The van der Waals surface area contributed by atoms with E-state index < -0.39 is 10.0 Å². The molecule has 3 aromatic rings. The quantitative estimate of drug-likeness (QED) is 0.710. The molecule has 1 saturated heterocycles. The second kappa shape index (κ2) is 7.20. The largest absolute Gasteiger partial charge is 0.454 e. The fourth-order valence-corrected chi connectivity index (χ4v) is 5.36. The molecular formula is C21H21N3O4S. The van der Waals surface area contributed by atoms with Gasteiger partial charge in [-0.05, 0) is 25.0 Å². The second-order valence-corrected chi connectivity index (χ2v) is 9.18. The van der Waals surface area contributed by atoms with Crippen LogP contribution in [0.4, 0.5) is 5.69 Å². The Labute approximate surface area is 169 Å². The minimum absolute atomic E-state index is 0.124. The van der Waals surface area contributed by atoms with Crippen LogP contribution >= 0.6 is 0 Å². The van der Waals surface area contributed by atoms with Crippen molar-refractivity contribution in [3.63, 3.8) is 0 Å². The molecular weight excluding hydrogens is 390 g/mol. The maximum Gasteiger partial charge on any atom is 0.243 e. The Morgan fingerprint density at radius 2 is 1.79 bits per heavy atom. The molecule has 1 aromatic heterocycles. The Morgan fingerprint density at radius 3 is 2.66 bits per heavy atom. The fraction of sp³-hybridized carbons (Fsp3) is 0.286. The summed E-state index contributed by atoms with van der Waals surface area (Å²) in [6, 6.07) is 13.1. The van der Waals surface area contributed by atoms with E-state index in [2.05, 4.69) is 16.4 Å². The van der Waals surface area contributed by atoms with Gasteiger partial charge in [0.15, 0.2) is 11.5 Å². The van der Waals surface area contributed by atoms with Crippen LogP contribution in [-0.2, 0) is 10.0 Å². The van der Waals surface area contributed by atoms with Crippen LogP contribution < -0.4 is 14.8 Å². The zero-order chi connectivity index (χ0) is 19.8. The predicted octanol–water partition coefficient (Wildman–Crippen LogP) is 3.23. The zero-order valence-electron chi connectivity index (χ0n) is 15.7. The molecule has 1 fully saturated rings. The molecule has 0 bridgehead atoms. The highest BCUT2D eigenvalue weighted by molar-refractivity contribution is 7.89. The monoisotopic (exact) mass is 411 g/mol. The zero-order valence-corrected chi connectivity index (χ0v) is 16.6. The molecule has 29 heavy (non-hydrogen) atoms. The summed E-state index contributed by atoms with van der Waals surface area (Å²) >= 11 is 0. The predicted molar refractivity (Wildman–Crippen MR) is 110 cm³/mol. The number of rotatable bonds is 4. The third-order valence-electron chi connectivity index (χ3n) is 5.46. The number of piperidine rings is 1. The average Bonchev–Trinajstić information content (AvgIpc) is 3.22. The number of anilines is 1. The molecule has 3 heterocycles. The molecule has 0 aliphatic carbocycles. The Balaban J connectivity index is 1.29. The maximum absolute atomic E-state index is 13.0. The number of hydrogen-bond donors (Lipinski definition) is 1. The number of nitrogens with zero attached hydrogens (tertiary/aromatic N) is 2. The van der Waals surface area contributed by atoms with E-state index >= 15 is 0 Å². The molecule has 2 aromatic carbocycles. The summed E-state index contributed by atoms with van der Waals surface area (Å²) in [6.45, 7) is 1.05. The number of pyridine rings is 1. The van der Waals surface area contributed by atoms with Crippen molar-refractivity contribution in [3.8, 4) is 11.5 Å². The molecule has 0 atom stereocenters. The highest BCUT2D eigenvalue weighted by atomic mass is 32.2. The van der Waals surface area contributed by atoms with Gasteiger partial charge in [-0.2, -0.15) is 4.31 Å². The van der Waals surface area contributed by atoms with Crippen LogP contribution in [0.25, 0.3) is 10.8 Å². The highest BCUT2D eigenvalue weighted by Crippen LogP contribution is 2.35. The van der Waals surface area contributed by atoms with Gasteiger partial charge in [0.2, 0.25) is 16.8 Å². The topological polar surface area (TPSA) is 80.8 Å². The van der Waals surface area contributed by atoms with Crippen LogP contribution in [-0.4, -0.2) is 43.6 Å². The van der Waals surface area contributed by atoms with Crippen LogP contribution in [0.15, 0.2) is 59.8 Å². The molecule has 2 aliphatic rings. The number of aromatic nitrogens is 1.